The average Bonchev–Trinajstić information content (AvgIpc) is 3.75. The number of carbonyl (C=O) groups is 3. The largest absolute Gasteiger partial charge is 0.465 e. The number of nitrogens with zero attached hydrogens (tertiary/aromatic N) is 8. The first-order valence-electron chi connectivity index (χ1n) is 15.3. The van der Waals surface area contributed by atoms with E-state index in [1.807, 2.05) is 0 Å². The average molecular weight is 739 g/mol. The van der Waals surface area contributed by atoms with Gasteiger partial charge in [0.2, 0.25) is 5.91 Å². The lowest BCUT2D eigenvalue weighted by molar-refractivity contribution is -0.133. The second-order valence-corrected chi connectivity index (χ2v) is 11.1. The predicted octanol–water partition coefficient (Wildman–Crippen LogP) is 2.90. The zero-order valence-corrected chi connectivity index (χ0v) is 28.8. The molecule has 270 valence electrons. The molecule has 0 saturated carbocycles. The number of aromatic nitrogens is 7. The van der Waals surface area contributed by atoms with Crippen LogP contribution in [0.15, 0.2) is 36.9 Å². The van der Waals surface area contributed by atoms with Gasteiger partial charge < -0.3 is 44.9 Å². The monoisotopic (exact) mass is 737 g/mol. The van der Waals surface area contributed by atoms with E-state index < -0.39 is 18.2 Å². The standard InChI is InChI=1S/C29H37Cl2N11O8/c1-19(40(2)25(43)3-7-47-9-11-49-13-14-50-12-10-48-8-6-32-29(45)46)26-22(18-33-24-16-23(31)39-41(24)26)38-28(44)37-20-15-21(30)27(34-17-20)42-35-4-5-36-42/h4-5,15-19,32H,3,6-14H2,1-2H3,(H,45,46)(H2,37,38,44)/t19-/m0/s1. The van der Waals surface area contributed by atoms with Crippen LogP contribution < -0.4 is 16.0 Å². The fraction of sp³-hybridized carbons (Fsp3) is 0.448. The summed E-state index contributed by atoms with van der Waals surface area (Å²) < 4.78 is 23.1. The number of fused-ring (bicyclic) bond motifs is 1. The lowest BCUT2D eigenvalue weighted by atomic mass is 10.1. The lowest BCUT2D eigenvalue weighted by Gasteiger charge is -2.27. The fourth-order valence-corrected chi connectivity index (χ4v) is 4.82. The van der Waals surface area contributed by atoms with Gasteiger partial charge in [-0.2, -0.15) is 15.3 Å². The highest BCUT2D eigenvalue weighted by atomic mass is 35.5. The van der Waals surface area contributed by atoms with E-state index in [9.17, 15) is 14.4 Å². The van der Waals surface area contributed by atoms with Gasteiger partial charge >= 0.3 is 12.1 Å². The molecule has 4 N–H and O–H groups in total. The van der Waals surface area contributed by atoms with Crippen molar-refractivity contribution < 1.29 is 38.4 Å². The van der Waals surface area contributed by atoms with Crippen LogP contribution in [-0.4, -0.2) is 129 Å². The zero-order valence-electron chi connectivity index (χ0n) is 27.3. The number of pyridine rings is 1. The summed E-state index contributed by atoms with van der Waals surface area (Å²) in [5.41, 5.74) is 1.49. The molecule has 50 heavy (non-hydrogen) atoms. The van der Waals surface area contributed by atoms with E-state index in [-0.39, 0.29) is 54.6 Å². The number of urea groups is 1. The van der Waals surface area contributed by atoms with Crippen molar-refractivity contribution in [1.29, 1.82) is 0 Å². The number of rotatable bonds is 20. The smallest absolute Gasteiger partial charge is 0.404 e. The van der Waals surface area contributed by atoms with Gasteiger partial charge in [0.05, 0.1) is 112 Å². The SMILES string of the molecule is C[C@@H](c1c(NC(=O)Nc2cnc(-n3nccn3)c(Cl)c2)cnc2cc(Cl)nn12)N(C)C(=O)CCOCCOCCOCCOCCNC(=O)O. The summed E-state index contributed by atoms with van der Waals surface area (Å²) in [4.78, 5) is 47.9. The molecule has 0 bridgehead atoms. The van der Waals surface area contributed by atoms with Crippen molar-refractivity contribution in [2.45, 2.75) is 19.4 Å². The van der Waals surface area contributed by atoms with Crippen molar-refractivity contribution in [3.8, 4) is 5.82 Å². The third kappa shape index (κ3) is 11.5. The van der Waals surface area contributed by atoms with Crippen molar-refractivity contribution in [3.63, 3.8) is 0 Å². The third-order valence-electron chi connectivity index (χ3n) is 6.90. The summed E-state index contributed by atoms with van der Waals surface area (Å²) >= 11 is 12.5. The van der Waals surface area contributed by atoms with Crippen LogP contribution in [0.3, 0.4) is 0 Å². The number of carboxylic acid groups (broad SMARTS) is 1. The summed E-state index contributed by atoms with van der Waals surface area (Å²) in [6.07, 6.45) is 4.84. The Bertz CT molecular complexity index is 1710. The van der Waals surface area contributed by atoms with Gasteiger partial charge in [0.15, 0.2) is 16.6 Å². The Balaban J connectivity index is 1.22. The number of ether oxygens (including phenoxy) is 4. The Hall–Kier alpha value is -4.66. The first-order chi connectivity index (χ1) is 24.1. The molecule has 1 atom stereocenters. The van der Waals surface area contributed by atoms with Crippen LogP contribution in [0.25, 0.3) is 11.5 Å². The van der Waals surface area contributed by atoms with Crippen LogP contribution in [-0.2, 0) is 23.7 Å². The molecular formula is C29H37Cl2N11O8. The van der Waals surface area contributed by atoms with Gasteiger partial charge in [-0.25, -0.2) is 24.1 Å². The summed E-state index contributed by atoms with van der Waals surface area (Å²) in [7, 11) is 1.64. The molecule has 0 aliphatic heterocycles. The number of hydrogen-bond donors (Lipinski definition) is 4. The van der Waals surface area contributed by atoms with E-state index in [1.54, 1.807) is 20.0 Å². The molecule has 0 radical (unpaired) electrons. The number of anilines is 2. The van der Waals surface area contributed by atoms with E-state index in [2.05, 4.69) is 41.2 Å². The molecule has 4 rings (SSSR count). The minimum absolute atomic E-state index is 0.0983. The highest BCUT2D eigenvalue weighted by Crippen LogP contribution is 2.29. The molecule has 4 aromatic heterocycles. The summed E-state index contributed by atoms with van der Waals surface area (Å²) in [6, 6.07) is 1.88. The molecule has 0 unspecified atom stereocenters. The molecule has 4 heterocycles. The summed E-state index contributed by atoms with van der Waals surface area (Å²) in [5.74, 6) is 0.0845. The number of amides is 4. The van der Waals surface area contributed by atoms with E-state index in [0.29, 0.717) is 55.9 Å². The van der Waals surface area contributed by atoms with Crippen LogP contribution in [0.4, 0.5) is 21.0 Å². The van der Waals surface area contributed by atoms with E-state index in [1.165, 1.54) is 45.1 Å². The van der Waals surface area contributed by atoms with Gasteiger partial charge in [-0.1, -0.05) is 23.2 Å². The number of nitrogens with one attached hydrogen (secondary N) is 3. The van der Waals surface area contributed by atoms with Crippen molar-refractivity contribution in [2.24, 2.45) is 0 Å². The molecule has 0 aliphatic carbocycles. The highest BCUT2D eigenvalue weighted by molar-refractivity contribution is 6.32. The second kappa shape index (κ2) is 19.5. The van der Waals surface area contributed by atoms with Gasteiger partial charge in [0.25, 0.3) is 0 Å². The van der Waals surface area contributed by atoms with Crippen molar-refractivity contribution in [2.75, 3.05) is 77.1 Å². The first kappa shape index (κ1) is 38.1. The maximum Gasteiger partial charge on any atom is 0.404 e. The summed E-state index contributed by atoms with van der Waals surface area (Å²) in [5, 5.41) is 28.8. The van der Waals surface area contributed by atoms with E-state index in [4.69, 9.17) is 47.3 Å². The normalized spacial score (nSPS) is 11.8. The van der Waals surface area contributed by atoms with Crippen LogP contribution in [0.2, 0.25) is 10.2 Å². The minimum atomic E-state index is -1.09. The third-order valence-corrected chi connectivity index (χ3v) is 7.36. The Morgan fingerprint density at radius 3 is 2.18 bits per heavy atom. The van der Waals surface area contributed by atoms with E-state index in [0.717, 1.165) is 0 Å². The summed E-state index contributed by atoms with van der Waals surface area (Å²) in [6.45, 7) is 4.47. The fourth-order valence-electron chi connectivity index (χ4n) is 4.40. The van der Waals surface area contributed by atoms with Crippen molar-refractivity contribution in [3.05, 3.63) is 52.8 Å². The second-order valence-electron chi connectivity index (χ2n) is 10.3. The van der Waals surface area contributed by atoms with Crippen LogP contribution >= 0.6 is 23.2 Å². The molecule has 4 aromatic rings. The van der Waals surface area contributed by atoms with Gasteiger partial charge in [-0.3, -0.25) is 4.79 Å². The van der Waals surface area contributed by atoms with Crippen LogP contribution in [0.5, 0.6) is 0 Å². The van der Waals surface area contributed by atoms with Gasteiger partial charge in [-0.15, -0.1) is 4.80 Å². The molecule has 0 saturated heterocycles. The maximum atomic E-state index is 13.1. The molecule has 0 fully saturated rings. The predicted molar refractivity (Wildman–Crippen MR) is 180 cm³/mol. The Morgan fingerprint density at radius 1 is 0.900 bits per heavy atom. The Morgan fingerprint density at radius 2 is 1.54 bits per heavy atom. The number of hydrogen-bond acceptors (Lipinski definition) is 12. The van der Waals surface area contributed by atoms with E-state index >= 15 is 0 Å². The highest BCUT2D eigenvalue weighted by Gasteiger charge is 2.25. The Kier molecular flexibility index (Phi) is 14.9. The van der Waals surface area contributed by atoms with Gasteiger partial charge in [-0.05, 0) is 13.0 Å². The van der Waals surface area contributed by atoms with Crippen LogP contribution in [0.1, 0.15) is 25.1 Å². The minimum Gasteiger partial charge on any atom is -0.465 e. The molecular weight excluding hydrogens is 701 g/mol. The van der Waals surface area contributed by atoms with Crippen molar-refractivity contribution in [1.82, 2.24) is 44.8 Å². The molecule has 4 amide bonds. The molecule has 0 aromatic carbocycles. The van der Waals surface area contributed by atoms with Gasteiger partial charge in [0.1, 0.15) is 0 Å². The van der Waals surface area contributed by atoms with Crippen molar-refractivity contribution >= 4 is 58.3 Å². The quantitative estimate of drug-likeness (QED) is 0.0960. The number of carbonyl (C=O) groups excluding carboxylic acids is 2. The number of halogens is 2. The topological polar surface area (TPSA) is 221 Å². The van der Waals surface area contributed by atoms with Crippen LogP contribution in [0, 0.1) is 0 Å². The molecule has 0 aliphatic rings. The first-order valence-corrected chi connectivity index (χ1v) is 16.1. The molecule has 21 heteroatoms. The maximum absolute atomic E-state index is 13.1. The van der Waals surface area contributed by atoms with Gasteiger partial charge in [0, 0.05) is 19.7 Å². The Labute approximate surface area is 296 Å². The zero-order chi connectivity index (χ0) is 35.9. The molecule has 19 nitrogen and oxygen atoms in total. The molecule has 0 spiro atoms. The lowest BCUT2D eigenvalue weighted by Crippen LogP contribution is -2.33.